The van der Waals surface area contributed by atoms with E-state index in [9.17, 15) is 4.79 Å². The molecule has 1 amide bonds. The molecule has 1 N–H and O–H groups in total. The van der Waals surface area contributed by atoms with Crippen LogP contribution >= 0.6 is 11.3 Å². The van der Waals surface area contributed by atoms with Gasteiger partial charge in [-0.3, -0.25) is 4.79 Å². The van der Waals surface area contributed by atoms with E-state index >= 15 is 0 Å². The van der Waals surface area contributed by atoms with Gasteiger partial charge in [0, 0.05) is 29.5 Å². The molecule has 0 saturated heterocycles. The van der Waals surface area contributed by atoms with Gasteiger partial charge in [-0.2, -0.15) is 4.98 Å². The van der Waals surface area contributed by atoms with Gasteiger partial charge < -0.3 is 19.5 Å². The maximum atomic E-state index is 12.7. The summed E-state index contributed by atoms with van der Waals surface area (Å²) in [5, 5.41) is 9.63. The average molecular weight is 467 g/mol. The van der Waals surface area contributed by atoms with Gasteiger partial charge in [0.2, 0.25) is 4.96 Å². The molecule has 0 bridgehead atoms. The van der Waals surface area contributed by atoms with Gasteiger partial charge in [-0.05, 0) is 56.3 Å². The van der Waals surface area contributed by atoms with E-state index in [0.717, 1.165) is 22.0 Å². The van der Waals surface area contributed by atoms with Crippen LogP contribution in [0.25, 0.3) is 16.3 Å². The smallest absolute Gasteiger partial charge is 0.251 e. The van der Waals surface area contributed by atoms with Gasteiger partial charge in [-0.1, -0.05) is 0 Å². The number of nitrogens with one attached hydrogen (secondary N) is 1. The van der Waals surface area contributed by atoms with E-state index in [-0.39, 0.29) is 5.91 Å². The fourth-order valence-electron chi connectivity index (χ4n) is 3.36. The zero-order chi connectivity index (χ0) is 23.2. The molecule has 0 radical (unpaired) electrons. The third-order valence-electron chi connectivity index (χ3n) is 4.97. The van der Waals surface area contributed by atoms with Crippen molar-refractivity contribution in [2.45, 2.75) is 20.3 Å². The Morgan fingerprint density at radius 1 is 1.06 bits per heavy atom. The van der Waals surface area contributed by atoms with Crippen LogP contribution in [0.2, 0.25) is 0 Å². The first-order valence-corrected chi connectivity index (χ1v) is 11.7. The second kappa shape index (κ2) is 10.4. The first kappa shape index (κ1) is 22.6. The molecule has 33 heavy (non-hydrogen) atoms. The molecule has 0 aliphatic rings. The first-order chi connectivity index (χ1) is 16.1. The van der Waals surface area contributed by atoms with Crippen molar-refractivity contribution < 1.29 is 19.0 Å². The van der Waals surface area contributed by atoms with Gasteiger partial charge in [0.05, 0.1) is 26.0 Å². The van der Waals surface area contributed by atoms with Crippen molar-refractivity contribution in [3.8, 4) is 28.6 Å². The van der Waals surface area contributed by atoms with Crippen molar-refractivity contribution in [3.05, 3.63) is 59.1 Å². The quantitative estimate of drug-likeness (QED) is 0.376. The summed E-state index contributed by atoms with van der Waals surface area (Å²) in [6, 6.07) is 12.9. The molecular formula is C24H26N4O4S. The summed E-state index contributed by atoms with van der Waals surface area (Å²) in [6.45, 7) is 5.31. The van der Waals surface area contributed by atoms with E-state index in [1.807, 2.05) is 48.0 Å². The number of carbonyl (C=O) groups excluding carboxylic acids is 1. The lowest BCUT2D eigenvalue weighted by Gasteiger charge is -2.12. The topological polar surface area (TPSA) is 87.0 Å². The number of carbonyl (C=O) groups is 1. The minimum atomic E-state index is -0.164. The summed E-state index contributed by atoms with van der Waals surface area (Å²) in [5.41, 5.74) is 2.44. The van der Waals surface area contributed by atoms with Crippen LogP contribution in [0.1, 0.15) is 29.9 Å². The highest BCUT2D eigenvalue weighted by Crippen LogP contribution is 2.28. The summed E-state index contributed by atoms with van der Waals surface area (Å²) < 4.78 is 18.2. The lowest BCUT2D eigenvalue weighted by atomic mass is 10.2. The molecule has 0 saturated carbocycles. The van der Waals surface area contributed by atoms with Gasteiger partial charge in [0.25, 0.3) is 5.91 Å². The van der Waals surface area contributed by atoms with Crippen molar-refractivity contribution in [1.29, 1.82) is 0 Å². The third kappa shape index (κ3) is 5.09. The molecule has 4 aromatic rings. The molecular weight excluding hydrogens is 440 g/mol. The van der Waals surface area contributed by atoms with E-state index in [2.05, 4.69) is 15.4 Å². The number of hydrogen-bond acceptors (Lipinski definition) is 7. The number of aromatic nitrogens is 3. The molecule has 2 aromatic heterocycles. The zero-order valence-corrected chi connectivity index (χ0v) is 19.6. The maximum absolute atomic E-state index is 12.7. The molecule has 0 fully saturated rings. The fourth-order valence-corrected chi connectivity index (χ4v) is 4.21. The SMILES string of the molecule is CCOc1ccc(C(=O)NCCc2csc3nc(-c4ccc(OC)cc4)nn23)cc1OCC. The van der Waals surface area contributed by atoms with Crippen LogP contribution in [0, 0.1) is 0 Å². The molecule has 0 spiro atoms. The summed E-state index contributed by atoms with van der Waals surface area (Å²) in [7, 11) is 1.64. The molecule has 9 heteroatoms. The molecule has 4 rings (SSSR count). The molecule has 8 nitrogen and oxygen atoms in total. The molecule has 2 aromatic carbocycles. The number of benzene rings is 2. The average Bonchev–Trinajstić information content (AvgIpc) is 3.42. The number of ether oxygens (including phenoxy) is 3. The van der Waals surface area contributed by atoms with Gasteiger partial charge in [-0.15, -0.1) is 16.4 Å². The first-order valence-electron chi connectivity index (χ1n) is 10.8. The van der Waals surface area contributed by atoms with E-state index in [1.165, 1.54) is 11.3 Å². The van der Waals surface area contributed by atoms with E-state index in [4.69, 9.17) is 14.2 Å². The Labute approximate surface area is 196 Å². The van der Waals surface area contributed by atoms with Crippen molar-refractivity contribution in [2.24, 2.45) is 0 Å². The predicted octanol–water partition coefficient (Wildman–Crippen LogP) is 4.24. The Morgan fingerprint density at radius 3 is 2.55 bits per heavy atom. The second-order valence-corrected chi connectivity index (χ2v) is 7.96. The molecule has 0 atom stereocenters. The highest BCUT2D eigenvalue weighted by atomic mass is 32.1. The molecule has 0 aliphatic heterocycles. The number of methoxy groups -OCH3 is 1. The lowest BCUT2D eigenvalue weighted by Crippen LogP contribution is -2.26. The van der Waals surface area contributed by atoms with Crippen LogP contribution in [0.4, 0.5) is 0 Å². The molecule has 2 heterocycles. The van der Waals surface area contributed by atoms with Crippen molar-refractivity contribution in [3.63, 3.8) is 0 Å². The number of hydrogen-bond donors (Lipinski definition) is 1. The Hall–Kier alpha value is -3.59. The fraction of sp³-hybridized carbons (Fsp3) is 0.292. The van der Waals surface area contributed by atoms with Crippen molar-refractivity contribution >= 4 is 22.2 Å². The minimum absolute atomic E-state index is 0.164. The second-order valence-electron chi connectivity index (χ2n) is 7.12. The monoisotopic (exact) mass is 466 g/mol. The standard InChI is InChI=1S/C24H26N4O4S/c1-4-31-20-11-8-17(14-21(20)32-5-2)23(29)25-13-12-18-15-33-24-26-22(27-28(18)24)16-6-9-19(30-3)10-7-16/h6-11,14-15H,4-5,12-13H2,1-3H3,(H,25,29). The van der Waals surface area contributed by atoms with Gasteiger partial charge in [0.1, 0.15) is 5.75 Å². The Morgan fingerprint density at radius 2 is 1.82 bits per heavy atom. The minimum Gasteiger partial charge on any atom is -0.497 e. The number of nitrogens with zero attached hydrogens (tertiary/aromatic N) is 3. The Balaban J connectivity index is 1.41. The summed E-state index contributed by atoms with van der Waals surface area (Å²) in [4.78, 5) is 18.1. The molecule has 0 unspecified atom stereocenters. The van der Waals surface area contributed by atoms with E-state index in [1.54, 1.807) is 25.3 Å². The van der Waals surface area contributed by atoms with Crippen LogP contribution in [-0.2, 0) is 6.42 Å². The number of thiazole rings is 1. The van der Waals surface area contributed by atoms with Crippen LogP contribution in [0.5, 0.6) is 17.2 Å². The van der Waals surface area contributed by atoms with E-state index in [0.29, 0.717) is 49.1 Å². The summed E-state index contributed by atoms with van der Waals surface area (Å²) in [5.74, 6) is 2.49. The van der Waals surface area contributed by atoms with Gasteiger partial charge >= 0.3 is 0 Å². The van der Waals surface area contributed by atoms with Crippen LogP contribution in [0.3, 0.4) is 0 Å². The van der Waals surface area contributed by atoms with Crippen LogP contribution in [-0.4, -0.2) is 47.4 Å². The Kier molecular flexibility index (Phi) is 7.09. The predicted molar refractivity (Wildman–Crippen MR) is 128 cm³/mol. The van der Waals surface area contributed by atoms with Crippen molar-refractivity contribution in [1.82, 2.24) is 19.9 Å². The van der Waals surface area contributed by atoms with E-state index < -0.39 is 0 Å². The maximum Gasteiger partial charge on any atom is 0.251 e. The third-order valence-corrected chi connectivity index (χ3v) is 5.84. The van der Waals surface area contributed by atoms with Crippen molar-refractivity contribution in [2.75, 3.05) is 26.9 Å². The number of fused-ring (bicyclic) bond motifs is 1. The van der Waals surface area contributed by atoms with Crippen LogP contribution < -0.4 is 19.5 Å². The summed E-state index contributed by atoms with van der Waals surface area (Å²) in [6.07, 6.45) is 0.631. The number of rotatable bonds is 10. The number of amides is 1. The lowest BCUT2D eigenvalue weighted by molar-refractivity contribution is 0.0953. The normalized spacial score (nSPS) is 10.9. The summed E-state index contributed by atoms with van der Waals surface area (Å²) >= 11 is 1.53. The van der Waals surface area contributed by atoms with Crippen LogP contribution in [0.15, 0.2) is 47.8 Å². The molecule has 172 valence electrons. The Bertz CT molecular complexity index is 1230. The van der Waals surface area contributed by atoms with Gasteiger partial charge in [0.15, 0.2) is 17.3 Å². The van der Waals surface area contributed by atoms with Gasteiger partial charge in [-0.25, -0.2) is 4.52 Å². The highest BCUT2D eigenvalue weighted by molar-refractivity contribution is 7.15. The molecule has 0 aliphatic carbocycles. The largest absolute Gasteiger partial charge is 0.497 e. The zero-order valence-electron chi connectivity index (χ0n) is 18.8. The highest BCUT2D eigenvalue weighted by Gasteiger charge is 2.14.